The van der Waals surface area contributed by atoms with Gasteiger partial charge < -0.3 is 10.2 Å². The van der Waals surface area contributed by atoms with E-state index in [0.717, 1.165) is 16.6 Å². The van der Waals surface area contributed by atoms with E-state index < -0.39 is 0 Å². The largest absolute Gasteiger partial charge is 0.378 e. The summed E-state index contributed by atoms with van der Waals surface area (Å²) >= 11 is 7.59. The second-order valence-corrected chi connectivity index (χ2v) is 6.69. The van der Waals surface area contributed by atoms with Crippen LogP contribution in [0.4, 0.5) is 5.69 Å². The molecule has 0 aliphatic rings. The van der Waals surface area contributed by atoms with Gasteiger partial charge in [-0.15, -0.1) is 11.3 Å². The second kappa shape index (κ2) is 6.42. The SMILES string of the molecule is CC(Nc1ccc(CN(C)C)cc1)c1ccc(Cl)s1. The quantitative estimate of drug-likeness (QED) is 0.864. The van der Waals surface area contributed by atoms with E-state index in [0.29, 0.717) is 0 Å². The minimum atomic E-state index is 0.275. The molecule has 1 unspecified atom stereocenters. The van der Waals surface area contributed by atoms with Gasteiger partial charge in [0.25, 0.3) is 0 Å². The Hall–Kier alpha value is -1.03. The first-order valence-corrected chi connectivity index (χ1v) is 7.49. The molecular formula is C15H19ClN2S. The lowest BCUT2D eigenvalue weighted by Gasteiger charge is -2.15. The van der Waals surface area contributed by atoms with Crippen LogP contribution in [0.1, 0.15) is 23.4 Å². The molecule has 2 nitrogen and oxygen atoms in total. The first kappa shape index (κ1) is 14.4. The smallest absolute Gasteiger partial charge is 0.0932 e. The van der Waals surface area contributed by atoms with Gasteiger partial charge in [0.2, 0.25) is 0 Å². The second-order valence-electron chi connectivity index (χ2n) is 4.94. The number of nitrogens with one attached hydrogen (secondary N) is 1. The Kier molecular flexibility index (Phi) is 4.86. The van der Waals surface area contributed by atoms with Crippen LogP contribution in [-0.4, -0.2) is 19.0 Å². The lowest BCUT2D eigenvalue weighted by Crippen LogP contribution is -2.10. The van der Waals surface area contributed by atoms with E-state index in [2.05, 4.69) is 61.6 Å². The molecule has 4 heteroatoms. The Bertz CT molecular complexity index is 519. The molecule has 0 amide bonds. The predicted molar refractivity (Wildman–Crippen MR) is 85.2 cm³/mol. The van der Waals surface area contributed by atoms with Gasteiger partial charge in [0.15, 0.2) is 0 Å². The predicted octanol–water partition coefficient (Wildman–Crippen LogP) is 4.64. The summed E-state index contributed by atoms with van der Waals surface area (Å²) in [5.74, 6) is 0. The summed E-state index contributed by atoms with van der Waals surface area (Å²) in [6, 6.07) is 12.9. The number of hydrogen-bond acceptors (Lipinski definition) is 3. The first-order valence-electron chi connectivity index (χ1n) is 6.30. The van der Waals surface area contributed by atoms with Crippen molar-refractivity contribution in [2.75, 3.05) is 19.4 Å². The molecule has 0 saturated heterocycles. The summed E-state index contributed by atoms with van der Waals surface area (Å²) in [7, 11) is 4.16. The molecule has 1 aromatic carbocycles. The lowest BCUT2D eigenvalue weighted by atomic mass is 10.2. The van der Waals surface area contributed by atoms with Crippen molar-refractivity contribution in [1.29, 1.82) is 0 Å². The van der Waals surface area contributed by atoms with Crippen LogP contribution in [0.3, 0.4) is 0 Å². The highest BCUT2D eigenvalue weighted by Crippen LogP contribution is 2.28. The van der Waals surface area contributed by atoms with Crippen molar-refractivity contribution in [2.24, 2.45) is 0 Å². The summed E-state index contributed by atoms with van der Waals surface area (Å²) in [6.07, 6.45) is 0. The van der Waals surface area contributed by atoms with Crippen molar-refractivity contribution < 1.29 is 0 Å². The fraction of sp³-hybridized carbons (Fsp3) is 0.333. The van der Waals surface area contributed by atoms with Gasteiger partial charge in [-0.3, -0.25) is 0 Å². The molecule has 0 aliphatic heterocycles. The minimum Gasteiger partial charge on any atom is -0.378 e. The van der Waals surface area contributed by atoms with Crippen LogP contribution < -0.4 is 5.32 Å². The highest BCUT2D eigenvalue weighted by molar-refractivity contribution is 7.16. The van der Waals surface area contributed by atoms with Crippen LogP contribution >= 0.6 is 22.9 Å². The zero-order chi connectivity index (χ0) is 13.8. The van der Waals surface area contributed by atoms with Crippen LogP contribution in [0, 0.1) is 0 Å². The molecule has 2 aromatic rings. The van der Waals surface area contributed by atoms with Crippen molar-refractivity contribution in [2.45, 2.75) is 19.5 Å². The van der Waals surface area contributed by atoms with Crippen molar-refractivity contribution in [3.63, 3.8) is 0 Å². The normalized spacial score (nSPS) is 12.7. The summed E-state index contributed by atoms with van der Waals surface area (Å²) in [5, 5.41) is 3.49. The third kappa shape index (κ3) is 4.23. The summed E-state index contributed by atoms with van der Waals surface area (Å²) < 4.78 is 0.838. The molecule has 2 rings (SSSR count). The molecule has 19 heavy (non-hydrogen) atoms. The molecule has 0 radical (unpaired) electrons. The van der Waals surface area contributed by atoms with Gasteiger partial charge in [-0.1, -0.05) is 23.7 Å². The van der Waals surface area contributed by atoms with Gasteiger partial charge in [-0.25, -0.2) is 0 Å². The van der Waals surface area contributed by atoms with E-state index in [1.54, 1.807) is 11.3 Å². The van der Waals surface area contributed by atoms with E-state index in [4.69, 9.17) is 11.6 Å². The summed E-state index contributed by atoms with van der Waals surface area (Å²) in [5.41, 5.74) is 2.46. The number of thiophene rings is 1. The van der Waals surface area contributed by atoms with E-state index >= 15 is 0 Å². The Morgan fingerprint density at radius 1 is 1.16 bits per heavy atom. The zero-order valence-electron chi connectivity index (χ0n) is 11.5. The molecule has 0 aliphatic carbocycles. The monoisotopic (exact) mass is 294 g/mol. The van der Waals surface area contributed by atoms with Crippen molar-refractivity contribution >= 4 is 28.6 Å². The summed E-state index contributed by atoms with van der Waals surface area (Å²) in [4.78, 5) is 3.42. The van der Waals surface area contributed by atoms with E-state index in [1.807, 2.05) is 6.07 Å². The molecule has 0 spiro atoms. The third-order valence-corrected chi connectivity index (χ3v) is 4.27. The molecule has 0 saturated carbocycles. The maximum atomic E-state index is 5.96. The standard InChI is InChI=1S/C15H19ClN2S/c1-11(14-8-9-15(16)19-14)17-13-6-4-12(5-7-13)10-18(2)3/h4-9,11,17H,10H2,1-3H3. The van der Waals surface area contributed by atoms with Gasteiger partial charge in [0.05, 0.1) is 10.4 Å². The van der Waals surface area contributed by atoms with Crippen LogP contribution in [0.5, 0.6) is 0 Å². The number of rotatable bonds is 5. The van der Waals surface area contributed by atoms with E-state index in [9.17, 15) is 0 Å². The van der Waals surface area contributed by atoms with Crippen molar-refractivity contribution in [1.82, 2.24) is 4.90 Å². The maximum absolute atomic E-state index is 5.96. The van der Waals surface area contributed by atoms with Gasteiger partial charge in [-0.2, -0.15) is 0 Å². The van der Waals surface area contributed by atoms with Gasteiger partial charge in [0.1, 0.15) is 0 Å². The Balaban J connectivity index is 1.99. The highest BCUT2D eigenvalue weighted by Gasteiger charge is 2.08. The fourth-order valence-electron chi connectivity index (χ4n) is 1.95. The van der Waals surface area contributed by atoms with E-state index in [1.165, 1.54) is 10.4 Å². The van der Waals surface area contributed by atoms with Crippen LogP contribution in [0.15, 0.2) is 36.4 Å². The molecule has 1 heterocycles. The molecule has 1 N–H and O–H groups in total. The van der Waals surface area contributed by atoms with Crippen molar-refractivity contribution in [3.8, 4) is 0 Å². The number of halogens is 1. The van der Waals surface area contributed by atoms with Crippen LogP contribution in [-0.2, 0) is 6.54 Å². The van der Waals surface area contributed by atoms with Gasteiger partial charge >= 0.3 is 0 Å². The molecule has 1 aromatic heterocycles. The van der Waals surface area contributed by atoms with Crippen LogP contribution in [0.25, 0.3) is 0 Å². The Morgan fingerprint density at radius 3 is 2.37 bits per heavy atom. The molecule has 0 bridgehead atoms. The number of anilines is 1. The molecule has 102 valence electrons. The number of nitrogens with zero attached hydrogens (tertiary/aromatic N) is 1. The minimum absolute atomic E-state index is 0.275. The van der Waals surface area contributed by atoms with Crippen molar-refractivity contribution in [3.05, 3.63) is 51.2 Å². The first-order chi connectivity index (χ1) is 9.04. The maximum Gasteiger partial charge on any atom is 0.0932 e. The third-order valence-electron chi connectivity index (χ3n) is 2.86. The molecule has 1 atom stereocenters. The lowest BCUT2D eigenvalue weighted by molar-refractivity contribution is 0.402. The zero-order valence-corrected chi connectivity index (χ0v) is 13.1. The summed E-state index contributed by atoms with van der Waals surface area (Å²) in [6.45, 7) is 3.12. The average molecular weight is 295 g/mol. The van der Waals surface area contributed by atoms with E-state index in [-0.39, 0.29) is 6.04 Å². The Morgan fingerprint density at radius 2 is 1.84 bits per heavy atom. The highest BCUT2D eigenvalue weighted by atomic mass is 35.5. The molecule has 0 fully saturated rings. The van der Waals surface area contributed by atoms with Gasteiger partial charge in [0, 0.05) is 17.1 Å². The molecular weight excluding hydrogens is 276 g/mol. The van der Waals surface area contributed by atoms with Gasteiger partial charge in [-0.05, 0) is 50.8 Å². The number of hydrogen-bond donors (Lipinski definition) is 1. The van der Waals surface area contributed by atoms with Crippen LogP contribution in [0.2, 0.25) is 4.34 Å². The average Bonchev–Trinajstić information content (AvgIpc) is 2.78. The topological polar surface area (TPSA) is 15.3 Å². The fourth-order valence-corrected chi connectivity index (χ4v) is 3.02. The Labute approximate surface area is 124 Å². The number of benzene rings is 1.